The average Bonchev–Trinajstić information content (AvgIpc) is 3.09. The molecule has 0 bridgehead atoms. The van der Waals surface area contributed by atoms with Gasteiger partial charge in [0.05, 0.1) is 22.1 Å². The quantitative estimate of drug-likeness (QED) is 0.674. The van der Waals surface area contributed by atoms with E-state index in [4.69, 9.17) is 16.7 Å². The number of nitrogens with one attached hydrogen (secondary N) is 1. The minimum Gasteiger partial charge on any atom is -0.481 e. The summed E-state index contributed by atoms with van der Waals surface area (Å²) >= 11 is 5.98. The molecule has 1 heterocycles. The first-order chi connectivity index (χ1) is 14.5. The molecule has 0 saturated carbocycles. The Kier molecular flexibility index (Phi) is 6.23. The van der Waals surface area contributed by atoms with Gasteiger partial charge < -0.3 is 14.9 Å². The number of amides is 2. The Hall–Kier alpha value is -3.11. The van der Waals surface area contributed by atoms with Crippen molar-refractivity contribution in [2.24, 2.45) is 5.92 Å². The molecule has 3 rings (SSSR count). The van der Waals surface area contributed by atoms with Crippen molar-refractivity contribution in [2.75, 3.05) is 30.3 Å². The number of carboxylic acids is 1. The van der Waals surface area contributed by atoms with Crippen LogP contribution in [0, 0.1) is 5.92 Å². The van der Waals surface area contributed by atoms with Gasteiger partial charge in [-0.15, -0.1) is 0 Å². The van der Waals surface area contributed by atoms with E-state index in [2.05, 4.69) is 4.72 Å². The molecule has 2 N–H and O–H groups in total. The van der Waals surface area contributed by atoms with Gasteiger partial charge in [-0.25, -0.2) is 8.42 Å². The van der Waals surface area contributed by atoms with Gasteiger partial charge in [0.15, 0.2) is 0 Å². The van der Waals surface area contributed by atoms with Crippen LogP contribution in [0.3, 0.4) is 0 Å². The first kappa shape index (κ1) is 22.6. The zero-order chi connectivity index (χ0) is 22.9. The molecule has 9 nitrogen and oxygen atoms in total. The lowest BCUT2D eigenvalue weighted by Gasteiger charge is -2.18. The number of nitrogens with zero attached hydrogens (tertiary/aromatic N) is 2. The topological polar surface area (TPSA) is 124 Å². The Morgan fingerprint density at radius 3 is 2.35 bits per heavy atom. The molecule has 1 atom stereocenters. The highest BCUT2D eigenvalue weighted by Crippen LogP contribution is 2.28. The van der Waals surface area contributed by atoms with Crippen molar-refractivity contribution < 1.29 is 27.9 Å². The summed E-state index contributed by atoms with van der Waals surface area (Å²) in [6.07, 6.45) is -0.103. The van der Waals surface area contributed by atoms with Crippen molar-refractivity contribution in [3.63, 3.8) is 0 Å². The number of carbonyl (C=O) groups excluding carboxylic acids is 2. The summed E-state index contributed by atoms with van der Waals surface area (Å²) in [6.45, 7) is 0.0248. The summed E-state index contributed by atoms with van der Waals surface area (Å²) in [5, 5.41) is 9.35. The second-order valence-corrected chi connectivity index (χ2v) is 9.35. The first-order valence-electron chi connectivity index (χ1n) is 9.17. The van der Waals surface area contributed by atoms with E-state index in [0.717, 1.165) is 0 Å². The van der Waals surface area contributed by atoms with Gasteiger partial charge in [0.25, 0.3) is 15.9 Å². The van der Waals surface area contributed by atoms with Gasteiger partial charge in [0.2, 0.25) is 5.91 Å². The van der Waals surface area contributed by atoms with Crippen molar-refractivity contribution in [3.8, 4) is 0 Å². The van der Waals surface area contributed by atoms with Crippen LogP contribution < -0.4 is 9.62 Å². The van der Waals surface area contributed by atoms with E-state index in [1.54, 1.807) is 14.1 Å². The third kappa shape index (κ3) is 4.80. The summed E-state index contributed by atoms with van der Waals surface area (Å²) in [5.74, 6) is -2.59. The Labute approximate surface area is 184 Å². The number of rotatable bonds is 6. The average molecular weight is 466 g/mol. The van der Waals surface area contributed by atoms with Crippen molar-refractivity contribution in [3.05, 3.63) is 53.1 Å². The standard InChI is InChI=1S/C20H20ClN3O6S/c1-23(2)19(26)16-8-3-13(21)10-17(16)22-31(29,30)15-6-4-14(5-7-15)24-11-12(20(27)28)9-18(24)25/h3-8,10,12,22H,9,11H2,1-2H3,(H,27,28). The maximum absolute atomic E-state index is 12.9. The molecule has 1 aliphatic heterocycles. The Morgan fingerprint density at radius 2 is 1.81 bits per heavy atom. The maximum Gasteiger partial charge on any atom is 0.308 e. The highest BCUT2D eigenvalue weighted by molar-refractivity contribution is 7.92. The number of carboxylic acid groups (broad SMARTS) is 1. The number of sulfonamides is 1. The molecular weight excluding hydrogens is 446 g/mol. The fraction of sp³-hybridized carbons (Fsp3) is 0.250. The summed E-state index contributed by atoms with van der Waals surface area (Å²) in [7, 11) is -0.978. The first-order valence-corrected chi connectivity index (χ1v) is 11.0. The van der Waals surface area contributed by atoms with E-state index in [1.807, 2.05) is 0 Å². The molecule has 2 aromatic rings. The van der Waals surface area contributed by atoms with Gasteiger partial charge in [-0.3, -0.25) is 19.1 Å². The fourth-order valence-corrected chi connectivity index (χ4v) is 4.40. The lowest BCUT2D eigenvalue weighted by atomic mass is 10.1. The zero-order valence-corrected chi connectivity index (χ0v) is 18.3. The van der Waals surface area contributed by atoms with Crippen LogP contribution in [0.1, 0.15) is 16.8 Å². The van der Waals surface area contributed by atoms with E-state index in [0.29, 0.717) is 5.69 Å². The molecule has 0 spiro atoms. The molecule has 0 aliphatic carbocycles. The molecule has 1 saturated heterocycles. The highest BCUT2D eigenvalue weighted by Gasteiger charge is 2.35. The molecule has 1 unspecified atom stereocenters. The van der Waals surface area contributed by atoms with E-state index < -0.39 is 27.8 Å². The van der Waals surface area contributed by atoms with E-state index in [-0.39, 0.29) is 40.0 Å². The normalized spacial score (nSPS) is 16.3. The summed E-state index contributed by atoms with van der Waals surface area (Å²) in [6, 6.07) is 9.74. The second kappa shape index (κ2) is 8.56. The number of carbonyl (C=O) groups is 3. The van der Waals surface area contributed by atoms with Gasteiger partial charge in [-0.05, 0) is 42.5 Å². The van der Waals surface area contributed by atoms with Crippen LogP contribution >= 0.6 is 11.6 Å². The van der Waals surface area contributed by atoms with Gasteiger partial charge in [-0.2, -0.15) is 0 Å². The van der Waals surface area contributed by atoms with Crippen LogP contribution in [-0.2, 0) is 19.6 Å². The fourth-order valence-electron chi connectivity index (χ4n) is 3.16. The third-order valence-corrected chi connectivity index (χ3v) is 6.41. The molecule has 0 aromatic heterocycles. The second-order valence-electron chi connectivity index (χ2n) is 7.23. The Bertz CT molecular complexity index is 1150. The monoisotopic (exact) mass is 465 g/mol. The third-order valence-electron chi connectivity index (χ3n) is 4.80. The molecule has 2 aromatic carbocycles. The number of hydrogen-bond acceptors (Lipinski definition) is 5. The Balaban J connectivity index is 1.86. The number of aliphatic carboxylic acids is 1. The lowest BCUT2D eigenvalue weighted by molar-refractivity contribution is -0.141. The number of hydrogen-bond donors (Lipinski definition) is 2. The minimum atomic E-state index is -4.07. The predicted octanol–water partition coefficient (Wildman–Crippen LogP) is 2.28. The number of benzene rings is 2. The minimum absolute atomic E-state index is 0.0248. The molecule has 164 valence electrons. The molecular formula is C20H20ClN3O6S. The van der Waals surface area contributed by atoms with Gasteiger partial charge in [0.1, 0.15) is 0 Å². The number of anilines is 2. The largest absolute Gasteiger partial charge is 0.481 e. The maximum atomic E-state index is 12.9. The van der Waals surface area contributed by atoms with Crippen molar-refractivity contribution in [2.45, 2.75) is 11.3 Å². The van der Waals surface area contributed by atoms with Gasteiger partial charge in [-0.1, -0.05) is 11.6 Å². The van der Waals surface area contributed by atoms with Crippen LogP contribution in [0.15, 0.2) is 47.4 Å². The highest BCUT2D eigenvalue weighted by atomic mass is 35.5. The SMILES string of the molecule is CN(C)C(=O)c1ccc(Cl)cc1NS(=O)(=O)c1ccc(N2CC(C(=O)O)CC2=O)cc1. The van der Waals surface area contributed by atoms with Crippen LogP contribution in [0.25, 0.3) is 0 Å². The van der Waals surface area contributed by atoms with E-state index in [9.17, 15) is 22.8 Å². The van der Waals surface area contributed by atoms with Crippen molar-refractivity contribution in [1.82, 2.24) is 4.90 Å². The van der Waals surface area contributed by atoms with E-state index >= 15 is 0 Å². The summed E-state index contributed by atoms with van der Waals surface area (Å²) in [5.41, 5.74) is 0.574. The van der Waals surface area contributed by atoms with Gasteiger partial charge in [0, 0.05) is 37.8 Å². The van der Waals surface area contributed by atoms with Crippen molar-refractivity contribution in [1.29, 1.82) is 0 Å². The van der Waals surface area contributed by atoms with Crippen LogP contribution in [0.5, 0.6) is 0 Å². The lowest BCUT2D eigenvalue weighted by Crippen LogP contribution is -2.26. The van der Waals surface area contributed by atoms with Crippen molar-refractivity contribution >= 4 is 50.8 Å². The molecule has 31 heavy (non-hydrogen) atoms. The summed E-state index contributed by atoms with van der Waals surface area (Å²) in [4.78, 5) is 38.1. The molecule has 1 fully saturated rings. The van der Waals surface area contributed by atoms with E-state index in [1.165, 1.54) is 52.3 Å². The summed E-state index contributed by atoms with van der Waals surface area (Å²) < 4.78 is 28.1. The molecule has 11 heteroatoms. The molecule has 0 radical (unpaired) electrons. The van der Waals surface area contributed by atoms with Crippen LogP contribution in [0.4, 0.5) is 11.4 Å². The molecule has 1 aliphatic rings. The predicted molar refractivity (Wildman–Crippen MR) is 115 cm³/mol. The zero-order valence-electron chi connectivity index (χ0n) is 16.7. The smallest absolute Gasteiger partial charge is 0.308 e. The van der Waals surface area contributed by atoms with Gasteiger partial charge >= 0.3 is 5.97 Å². The van der Waals surface area contributed by atoms with Crippen LogP contribution in [-0.4, -0.2) is 56.8 Å². The Morgan fingerprint density at radius 1 is 1.16 bits per heavy atom. The molecule has 2 amide bonds. The van der Waals surface area contributed by atoms with Crippen LogP contribution in [0.2, 0.25) is 5.02 Å². The number of halogens is 1.